The van der Waals surface area contributed by atoms with Crippen molar-refractivity contribution in [2.75, 3.05) is 32.8 Å². The number of guanidine groups is 1. The summed E-state index contributed by atoms with van der Waals surface area (Å²) in [5.41, 5.74) is -0.149. The van der Waals surface area contributed by atoms with Gasteiger partial charge in [-0.15, -0.1) is 0 Å². The molecule has 0 bridgehead atoms. The lowest BCUT2D eigenvalue weighted by Crippen LogP contribution is -2.47. The molecule has 2 fully saturated rings. The molecule has 0 spiro atoms. The number of aromatic nitrogens is 2. The highest BCUT2D eigenvalue weighted by atomic mass is 16.5. The summed E-state index contributed by atoms with van der Waals surface area (Å²) in [5, 5.41) is 7.46. The highest BCUT2D eigenvalue weighted by molar-refractivity contribution is 5.80. The largest absolute Gasteiger partial charge is 0.376 e. The van der Waals surface area contributed by atoms with Crippen molar-refractivity contribution < 1.29 is 14.0 Å². The second-order valence-electron chi connectivity index (χ2n) is 8.94. The van der Waals surface area contributed by atoms with Gasteiger partial charge in [0.25, 0.3) is 0 Å². The van der Waals surface area contributed by atoms with Crippen molar-refractivity contribution in [2.24, 2.45) is 4.99 Å². The monoisotopic (exact) mass is 407 g/mol. The van der Waals surface area contributed by atoms with Crippen molar-refractivity contribution in [3.05, 3.63) is 11.7 Å². The number of hydrogen-bond donors (Lipinski definition) is 1. The number of piperidine rings is 1. The number of aliphatic imine (C=N–C) groups is 1. The van der Waals surface area contributed by atoms with Crippen LogP contribution in [-0.4, -0.2) is 66.1 Å². The van der Waals surface area contributed by atoms with E-state index in [9.17, 15) is 0 Å². The molecule has 1 unspecified atom stereocenters. The van der Waals surface area contributed by atoms with Crippen LogP contribution < -0.4 is 5.32 Å². The standard InChI is InChI=1S/C21H37N5O3/c1-5-22-20(23-14-18-24-19(29-25-18)21(2,3)4)26-11-9-16(10-12-26)28-15-17-8-6-7-13-27-17/h16-17H,5-15H2,1-4H3,(H,22,23). The van der Waals surface area contributed by atoms with Crippen molar-refractivity contribution in [3.63, 3.8) is 0 Å². The Balaban J connectivity index is 1.48. The van der Waals surface area contributed by atoms with Crippen molar-refractivity contribution in [3.8, 4) is 0 Å². The predicted molar refractivity (Wildman–Crippen MR) is 112 cm³/mol. The summed E-state index contributed by atoms with van der Waals surface area (Å²) >= 11 is 0. The topological polar surface area (TPSA) is 85.0 Å². The zero-order chi connectivity index (χ0) is 20.7. The third kappa shape index (κ3) is 6.67. The molecule has 2 saturated heterocycles. The minimum absolute atomic E-state index is 0.149. The Morgan fingerprint density at radius 3 is 2.66 bits per heavy atom. The van der Waals surface area contributed by atoms with Gasteiger partial charge < -0.3 is 24.2 Å². The highest BCUT2D eigenvalue weighted by Gasteiger charge is 2.24. The zero-order valence-corrected chi connectivity index (χ0v) is 18.4. The summed E-state index contributed by atoms with van der Waals surface area (Å²) in [6.07, 6.45) is 6.18. The number of hydrogen-bond acceptors (Lipinski definition) is 6. The van der Waals surface area contributed by atoms with E-state index in [0.29, 0.717) is 24.4 Å². The van der Waals surface area contributed by atoms with Crippen molar-refractivity contribution in [1.82, 2.24) is 20.4 Å². The molecule has 1 aromatic heterocycles. The fourth-order valence-electron chi connectivity index (χ4n) is 3.61. The van der Waals surface area contributed by atoms with E-state index in [-0.39, 0.29) is 11.5 Å². The molecule has 0 saturated carbocycles. The van der Waals surface area contributed by atoms with Gasteiger partial charge in [0.05, 0.1) is 18.8 Å². The lowest BCUT2D eigenvalue weighted by molar-refractivity contribution is -0.0721. The van der Waals surface area contributed by atoms with Gasteiger partial charge in [0.2, 0.25) is 5.89 Å². The van der Waals surface area contributed by atoms with Crippen molar-refractivity contribution in [2.45, 2.75) is 84.0 Å². The van der Waals surface area contributed by atoms with Gasteiger partial charge in [-0.2, -0.15) is 4.98 Å². The fourth-order valence-corrected chi connectivity index (χ4v) is 3.61. The van der Waals surface area contributed by atoms with Gasteiger partial charge in [0.15, 0.2) is 11.8 Å². The van der Waals surface area contributed by atoms with E-state index in [4.69, 9.17) is 19.0 Å². The molecule has 0 radical (unpaired) electrons. The molecule has 0 amide bonds. The Morgan fingerprint density at radius 2 is 2.03 bits per heavy atom. The maximum atomic E-state index is 6.13. The van der Waals surface area contributed by atoms with E-state index < -0.39 is 0 Å². The number of likely N-dealkylation sites (tertiary alicyclic amines) is 1. The molecule has 1 N–H and O–H groups in total. The van der Waals surface area contributed by atoms with Gasteiger partial charge in [-0.25, -0.2) is 4.99 Å². The first-order valence-corrected chi connectivity index (χ1v) is 11.0. The van der Waals surface area contributed by atoms with Crippen LogP contribution in [-0.2, 0) is 21.4 Å². The molecule has 0 aromatic carbocycles. The quantitative estimate of drug-likeness (QED) is 0.573. The summed E-state index contributed by atoms with van der Waals surface area (Å²) in [6.45, 7) is 13.0. The van der Waals surface area contributed by atoms with Gasteiger partial charge >= 0.3 is 0 Å². The van der Waals surface area contributed by atoms with E-state index in [1.54, 1.807) is 0 Å². The molecule has 3 heterocycles. The minimum atomic E-state index is -0.149. The average Bonchev–Trinajstić information content (AvgIpc) is 3.20. The lowest BCUT2D eigenvalue weighted by atomic mass is 9.97. The van der Waals surface area contributed by atoms with Crippen LogP contribution in [0, 0.1) is 0 Å². The summed E-state index contributed by atoms with van der Waals surface area (Å²) in [5.74, 6) is 2.17. The summed E-state index contributed by atoms with van der Waals surface area (Å²) in [6, 6.07) is 0. The number of rotatable bonds is 6. The zero-order valence-electron chi connectivity index (χ0n) is 18.4. The summed E-state index contributed by atoms with van der Waals surface area (Å²) in [7, 11) is 0. The second kappa shape index (κ2) is 10.4. The number of nitrogens with one attached hydrogen (secondary N) is 1. The number of ether oxygens (including phenoxy) is 2. The normalized spacial score (nSPS) is 22.1. The molecule has 164 valence electrons. The molecule has 1 atom stereocenters. The smallest absolute Gasteiger partial charge is 0.232 e. The lowest BCUT2D eigenvalue weighted by Gasteiger charge is -2.35. The average molecular weight is 408 g/mol. The maximum absolute atomic E-state index is 6.13. The third-order valence-corrected chi connectivity index (χ3v) is 5.35. The van der Waals surface area contributed by atoms with Gasteiger partial charge in [0, 0.05) is 31.7 Å². The van der Waals surface area contributed by atoms with Gasteiger partial charge in [-0.05, 0) is 39.0 Å². The van der Waals surface area contributed by atoms with Crippen LogP contribution in [0.15, 0.2) is 9.52 Å². The predicted octanol–water partition coefficient (Wildman–Crippen LogP) is 2.88. The first-order chi connectivity index (χ1) is 14.0. The minimum Gasteiger partial charge on any atom is -0.376 e. The van der Waals surface area contributed by atoms with E-state index in [2.05, 4.69) is 48.1 Å². The van der Waals surface area contributed by atoms with Crippen LogP contribution in [0.1, 0.15) is 71.5 Å². The molecule has 0 aliphatic carbocycles. The van der Waals surface area contributed by atoms with E-state index in [0.717, 1.165) is 58.1 Å². The molecular formula is C21H37N5O3. The van der Waals surface area contributed by atoms with Crippen LogP contribution in [0.4, 0.5) is 0 Å². The van der Waals surface area contributed by atoms with Gasteiger partial charge in [-0.3, -0.25) is 0 Å². The van der Waals surface area contributed by atoms with Gasteiger partial charge in [0.1, 0.15) is 6.54 Å². The van der Waals surface area contributed by atoms with Gasteiger partial charge in [-0.1, -0.05) is 25.9 Å². The van der Waals surface area contributed by atoms with Crippen LogP contribution in [0.5, 0.6) is 0 Å². The third-order valence-electron chi connectivity index (χ3n) is 5.35. The molecule has 2 aliphatic rings. The Morgan fingerprint density at radius 1 is 1.24 bits per heavy atom. The van der Waals surface area contributed by atoms with Crippen molar-refractivity contribution >= 4 is 5.96 Å². The van der Waals surface area contributed by atoms with Crippen LogP contribution in [0.2, 0.25) is 0 Å². The first-order valence-electron chi connectivity index (χ1n) is 11.0. The second-order valence-corrected chi connectivity index (χ2v) is 8.94. The Labute approximate surface area is 174 Å². The fraction of sp³-hybridized carbons (Fsp3) is 0.857. The molecule has 29 heavy (non-hydrogen) atoms. The molecule has 3 rings (SSSR count). The van der Waals surface area contributed by atoms with Crippen LogP contribution in [0.3, 0.4) is 0 Å². The van der Waals surface area contributed by atoms with E-state index >= 15 is 0 Å². The Bertz CT molecular complexity index is 641. The van der Waals surface area contributed by atoms with Crippen molar-refractivity contribution in [1.29, 1.82) is 0 Å². The summed E-state index contributed by atoms with van der Waals surface area (Å²) < 4.78 is 17.3. The molecule has 8 heteroatoms. The van der Waals surface area contributed by atoms with Crippen LogP contribution >= 0.6 is 0 Å². The van der Waals surface area contributed by atoms with E-state index in [1.165, 1.54) is 12.8 Å². The first kappa shape index (κ1) is 22.0. The molecule has 8 nitrogen and oxygen atoms in total. The number of nitrogens with zero attached hydrogens (tertiary/aromatic N) is 4. The molecular weight excluding hydrogens is 370 g/mol. The van der Waals surface area contributed by atoms with E-state index in [1.807, 2.05) is 0 Å². The highest BCUT2D eigenvalue weighted by Crippen LogP contribution is 2.20. The Kier molecular flexibility index (Phi) is 7.89. The summed E-state index contributed by atoms with van der Waals surface area (Å²) in [4.78, 5) is 11.5. The van der Waals surface area contributed by atoms with Crippen LogP contribution in [0.25, 0.3) is 0 Å². The SMILES string of the molecule is CCNC(=NCc1noc(C(C)(C)C)n1)N1CCC(OCC2CCCCO2)CC1. The molecule has 2 aliphatic heterocycles. The molecule has 1 aromatic rings. The Hall–Kier alpha value is -1.67. The maximum Gasteiger partial charge on any atom is 0.232 e.